The van der Waals surface area contributed by atoms with E-state index in [1.54, 1.807) is 0 Å². The first-order valence-electron chi connectivity index (χ1n) is 11.0. The van der Waals surface area contributed by atoms with Gasteiger partial charge in [0.25, 0.3) is 0 Å². The number of aryl methyl sites for hydroxylation is 1. The molecular weight excluding hydrogens is 418 g/mol. The third kappa shape index (κ3) is 4.25. The number of aromatic nitrogens is 2. The lowest BCUT2D eigenvalue weighted by Gasteiger charge is -2.28. The molecule has 0 saturated carbocycles. The number of pyridine rings is 1. The number of nitrogens with zero attached hydrogens (tertiary/aromatic N) is 3. The van der Waals surface area contributed by atoms with Gasteiger partial charge in [0.1, 0.15) is 0 Å². The van der Waals surface area contributed by atoms with Gasteiger partial charge in [0.15, 0.2) is 5.11 Å². The molecule has 3 aromatic rings. The topological polar surface area (TPSA) is 62.2 Å². The number of amides is 1. The number of anilines is 2. The summed E-state index contributed by atoms with van der Waals surface area (Å²) < 4.78 is 2.21. The molecule has 2 atom stereocenters. The fraction of sp³-hybridized carbons (Fsp3) is 0.320. The standard InChI is InChI=1S/C25H29N5OS/c1-5-22(31)27-20-10-9-19(14-17(20)4)30-24(18-11-13-29(15-18)16(2)3)23(28-25(30)32)21-8-6-7-12-26-21/h6-16,23-24H,5H2,1-4H3,(H,27,31)(H,28,32). The van der Waals surface area contributed by atoms with Crippen LogP contribution in [0.2, 0.25) is 0 Å². The van der Waals surface area contributed by atoms with Crippen LogP contribution in [-0.2, 0) is 4.79 Å². The van der Waals surface area contributed by atoms with Crippen LogP contribution in [-0.4, -0.2) is 20.6 Å². The lowest BCUT2D eigenvalue weighted by atomic mass is 9.98. The molecule has 0 bridgehead atoms. The van der Waals surface area contributed by atoms with Crippen LogP contribution in [0.5, 0.6) is 0 Å². The van der Waals surface area contributed by atoms with Crippen molar-refractivity contribution >= 4 is 34.6 Å². The summed E-state index contributed by atoms with van der Waals surface area (Å²) in [6.45, 7) is 8.19. The number of carbonyl (C=O) groups is 1. The van der Waals surface area contributed by atoms with Crippen molar-refractivity contribution in [2.75, 3.05) is 10.2 Å². The van der Waals surface area contributed by atoms with E-state index in [1.807, 2.05) is 50.4 Å². The van der Waals surface area contributed by atoms with Crippen LogP contribution in [0.4, 0.5) is 11.4 Å². The maximum atomic E-state index is 11.9. The summed E-state index contributed by atoms with van der Waals surface area (Å²) >= 11 is 5.81. The molecule has 1 aliphatic heterocycles. The first-order valence-corrected chi connectivity index (χ1v) is 11.4. The number of nitrogens with one attached hydrogen (secondary N) is 2. The Balaban J connectivity index is 1.76. The Kier molecular flexibility index (Phi) is 6.28. The van der Waals surface area contributed by atoms with Gasteiger partial charge in [-0.15, -0.1) is 0 Å². The lowest BCUT2D eigenvalue weighted by Crippen LogP contribution is -2.29. The van der Waals surface area contributed by atoms with Gasteiger partial charge in [0.05, 0.1) is 17.8 Å². The van der Waals surface area contributed by atoms with Gasteiger partial charge in [-0.1, -0.05) is 13.0 Å². The molecule has 166 valence electrons. The van der Waals surface area contributed by atoms with Crippen LogP contribution in [0.1, 0.15) is 62.1 Å². The van der Waals surface area contributed by atoms with Gasteiger partial charge in [-0.25, -0.2) is 0 Å². The van der Waals surface area contributed by atoms with E-state index in [-0.39, 0.29) is 18.0 Å². The molecule has 1 saturated heterocycles. The van der Waals surface area contributed by atoms with E-state index < -0.39 is 0 Å². The van der Waals surface area contributed by atoms with Gasteiger partial charge in [-0.2, -0.15) is 0 Å². The highest BCUT2D eigenvalue weighted by molar-refractivity contribution is 7.80. The van der Waals surface area contributed by atoms with Crippen LogP contribution in [0.15, 0.2) is 61.1 Å². The summed E-state index contributed by atoms with van der Waals surface area (Å²) in [5, 5.41) is 7.12. The zero-order valence-electron chi connectivity index (χ0n) is 18.9. The van der Waals surface area contributed by atoms with E-state index >= 15 is 0 Å². The van der Waals surface area contributed by atoms with Gasteiger partial charge < -0.3 is 20.1 Å². The molecule has 1 aliphatic rings. The minimum Gasteiger partial charge on any atom is -0.351 e. The molecule has 2 N–H and O–H groups in total. The van der Waals surface area contributed by atoms with Crippen molar-refractivity contribution in [2.24, 2.45) is 0 Å². The van der Waals surface area contributed by atoms with E-state index in [2.05, 4.69) is 63.5 Å². The molecule has 32 heavy (non-hydrogen) atoms. The van der Waals surface area contributed by atoms with Crippen molar-refractivity contribution in [3.05, 3.63) is 77.9 Å². The largest absolute Gasteiger partial charge is 0.351 e. The second-order valence-corrected chi connectivity index (χ2v) is 8.77. The molecule has 2 unspecified atom stereocenters. The van der Waals surface area contributed by atoms with Crippen molar-refractivity contribution in [3.8, 4) is 0 Å². The third-order valence-corrected chi connectivity index (χ3v) is 6.17. The minimum atomic E-state index is -0.0773. The summed E-state index contributed by atoms with van der Waals surface area (Å²) in [6, 6.07) is 14.4. The molecule has 1 fully saturated rings. The Morgan fingerprint density at radius 1 is 1.25 bits per heavy atom. The van der Waals surface area contributed by atoms with Crippen molar-refractivity contribution in [1.82, 2.24) is 14.9 Å². The molecule has 0 radical (unpaired) electrons. The normalized spacial score (nSPS) is 18.2. The molecule has 2 aromatic heterocycles. The fourth-order valence-electron chi connectivity index (χ4n) is 4.07. The quantitative estimate of drug-likeness (QED) is 0.502. The zero-order chi connectivity index (χ0) is 22.8. The minimum absolute atomic E-state index is 0.00216. The second-order valence-electron chi connectivity index (χ2n) is 8.38. The molecule has 4 rings (SSSR count). The fourth-order valence-corrected chi connectivity index (χ4v) is 4.42. The van der Waals surface area contributed by atoms with Gasteiger partial charge in [-0.05, 0) is 80.5 Å². The van der Waals surface area contributed by atoms with Crippen molar-refractivity contribution in [2.45, 2.75) is 52.2 Å². The number of carbonyl (C=O) groups excluding carboxylic acids is 1. The van der Waals surface area contributed by atoms with Crippen LogP contribution in [0, 0.1) is 6.92 Å². The first-order chi connectivity index (χ1) is 15.4. The predicted octanol–water partition coefficient (Wildman–Crippen LogP) is 5.30. The van der Waals surface area contributed by atoms with E-state index in [1.165, 1.54) is 5.56 Å². The van der Waals surface area contributed by atoms with Crippen LogP contribution >= 0.6 is 12.2 Å². The second kappa shape index (κ2) is 9.12. The van der Waals surface area contributed by atoms with Gasteiger partial charge in [-0.3, -0.25) is 9.78 Å². The number of hydrogen-bond donors (Lipinski definition) is 2. The molecule has 1 aromatic carbocycles. The lowest BCUT2D eigenvalue weighted by molar-refractivity contribution is -0.115. The molecule has 7 heteroatoms. The molecule has 0 aliphatic carbocycles. The molecule has 6 nitrogen and oxygen atoms in total. The monoisotopic (exact) mass is 447 g/mol. The Labute approximate surface area is 194 Å². The van der Waals surface area contributed by atoms with Crippen LogP contribution in [0.25, 0.3) is 0 Å². The Bertz CT molecular complexity index is 1120. The van der Waals surface area contributed by atoms with Gasteiger partial charge in [0.2, 0.25) is 5.91 Å². The molecule has 0 spiro atoms. The van der Waals surface area contributed by atoms with E-state index in [0.29, 0.717) is 17.6 Å². The van der Waals surface area contributed by atoms with E-state index in [0.717, 1.165) is 22.6 Å². The Morgan fingerprint density at radius 3 is 2.69 bits per heavy atom. The smallest absolute Gasteiger partial charge is 0.224 e. The average Bonchev–Trinajstić information content (AvgIpc) is 3.40. The molecular formula is C25H29N5OS. The Hall–Kier alpha value is -3.19. The number of benzene rings is 1. The summed E-state index contributed by atoms with van der Waals surface area (Å²) in [7, 11) is 0. The van der Waals surface area contributed by atoms with Crippen molar-refractivity contribution < 1.29 is 4.79 Å². The maximum absolute atomic E-state index is 11.9. The van der Waals surface area contributed by atoms with Gasteiger partial charge >= 0.3 is 0 Å². The number of thiocarbonyl (C=S) groups is 1. The highest BCUT2D eigenvalue weighted by atomic mass is 32.1. The molecule has 3 heterocycles. The first kappa shape index (κ1) is 22.0. The average molecular weight is 448 g/mol. The number of rotatable bonds is 6. The third-order valence-electron chi connectivity index (χ3n) is 5.86. The van der Waals surface area contributed by atoms with E-state index in [4.69, 9.17) is 12.2 Å². The van der Waals surface area contributed by atoms with Gasteiger partial charge in [0, 0.05) is 42.4 Å². The van der Waals surface area contributed by atoms with Crippen molar-refractivity contribution in [1.29, 1.82) is 0 Å². The summed E-state index contributed by atoms with van der Waals surface area (Å²) in [5.41, 5.74) is 4.91. The summed E-state index contributed by atoms with van der Waals surface area (Å²) in [5.74, 6) is 0.00216. The summed E-state index contributed by atoms with van der Waals surface area (Å²) in [6.07, 6.45) is 6.57. The highest BCUT2D eigenvalue weighted by Crippen LogP contribution is 2.42. The SMILES string of the molecule is CCC(=O)Nc1ccc(N2C(=S)NC(c3ccccn3)C2c2ccn(C(C)C)c2)cc1C. The zero-order valence-corrected chi connectivity index (χ0v) is 19.7. The Morgan fingerprint density at radius 2 is 2.06 bits per heavy atom. The highest BCUT2D eigenvalue weighted by Gasteiger charge is 2.41. The summed E-state index contributed by atoms with van der Waals surface area (Å²) in [4.78, 5) is 18.6. The molecule has 1 amide bonds. The maximum Gasteiger partial charge on any atom is 0.224 e. The van der Waals surface area contributed by atoms with Crippen molar-refractivity contribution in [3.63, 3.8) is 0 Å². The number of hydrogen-bond acceptors (Lipinski definition) is 3. The predicted molar refractivity (Wildman–Crippen MR) is 133 cm³/mol. The van der Waals surface area contributed by atoms with Crippen LogP contribution < -0.4 is 15.5 Å². The van der Waals surface area contributed by atoms with Crippen LogP contribution in [0.3, 0.4) is 0 Å². The van der Waals surface area contributed by atoms with E-state index in [9.17, 15) is 4.79 Å².